The zero-order chi connectivity index (χ0) is 8.10. The molecule has 0 saturated heterocycles. The van der Waals surface area contributed by atoms with Crippen molar-refractivity contribution in [2.75, 3.05) is 0 Å². The fourth-order valence-corrected chi connectivity index (χ4v) is 0.703. The Morgan fingerprint density at radius 1 is 1.91 bits per heavy atom. The summed E-state index contributed by atoms with van der Waals surface area (Å²) in [5.41, 5.74) is 0. The minimum atomic E-state index is 0.0973. The zero-order valence-corrected chi connectivity index (χ0v) is 6.46. The van der Waals surface area contributed by atoms with Gasteiger partial charge in [0.15, 0.2) is 0 Å². The fraction of sp³-hybridized carbons (Fsp3) is 0.375. The van der Waals surface area contributed by atoms with Crippen LogP contribution in [0, 0.1) is 12.3 Å². The summed E-state index contributed by atoms with van der Waals surface area (Å²) in [6.45, 7) is 2.63. The van der Waals surface area contributed by atoms with E-state index >= 15 is 0 Å². The van der Waals surface area contributed by atoms with Gasteiger partial charge in [0.05, 0.1) is 12.6 Å². The Kier molecular flexibility index (Phi) is 2.70. The SMILES string of the molecule is C#CC(C)NCc1ncc[nH]1. The zero-order valence-electron chi connectivity index (χ0n) is 6.46. The Balaban J connectivity index is 2.30. The number of H-pyrrole nitrogens is 1. The van der Waals surface area contributed by atoms with E-state index in [0.717, 1.165) is 5.82 Å². The van der Waals surface area contributed by atoms with Gasteiger partial charge >= 0.3 is 0 Å². The van der Waals surface area contributed by atoms with Crippen LogP contribution in [-0.4, -0.2) is 16.0 Å². The third-order valence-electron chi connectivity index (χ3n) is 1.38. The molecule has 0 amide bonds. The van der Waals surface area contributed by atoms with Gasteiger partial charge in [-0.3, -0.25) is 5.32 Å². The van der Waals surface area contributed by atoms with Gasteiger partial charge in [0.25, 0.3) is 0 Å². The smallest absolute Gasteiger partial charge is 0.120 e. The quantitative estimate of drug-likeness (QED) is 0.615. The molecule has 0 aliphatic rings. The Bertz CT molecular complexity index is 232. The number of hydrogen-bond donors (Lipinski definition) is 2. The summed E-state index contributed by atoms with van der Waals surface area (Å²) in [5, 5.41) is 3.10. The maximum absolute atomic E-state index is 5.17. The van der Waals surface area contributed by atoms with Crippen LogP contribution in [0.3, 0.4) is 0 Å². The topological polar surface area (TPSA) is 40.7 Å². The van der Waals surface area contributed by atoms with Crippen LogP contribution >= 0.6 is 0 Å². The number of rotatable bonds is 3. The highest BCUT2D eigenvalue weighted by Gasteiger charge is 1.96. The fourth-order valence-electron chi connectivity index (χ4n) is 0.703. The number of nitrogens with zero attached hydrogens (tertiary/aromatic N) is 1. The van der Waals surface area contributed by atoms with Gasteiger partial charge < -0.3 is 4.98 Å². The average Bonchev–Trinajstić information content (AvgIpc) is 2.52. The van der Waals surface area contributed by atoms with E-state index in [0.29, 0.717) is 6.54 Å². The van der Waals surface area contributed by atoms with Gasteiger partial charge in [-0.05, 0) is 6.92 Å². The lowest BCUT2D eigenvalue weighted by molar-refractivity contribution is 0.629. The molecule has 0 fully saturated rings. The van der Waals surface area contributed by atoms with Crippen LogP contribution in [0.2, 0.25) is 0 Å². The first-order valence-electron chi connectivity index (χ1n) is 3.50. The second kappa shape index (κ2) is 3.79. The third kappa shape index (κ3) is 2.44. The summed E-state index contributed by atoms with van der Waals surface area (Å²) in [7, 11) is 0. The number of aromatic amines is 1. The Morgan fingerprint density at radius 2 is 2.73 bits per heavy atom. The molecule has 3 heteroatoms. The molecule has 3 nitrogen and oxygen atoms in total. The standard InChI is InChI=1S/C8H11N3/c1-3-7(2)11-6-8-9-4-5-10-8/h1,4-5,7,11H,6H2,2H3,(H,9,10). The van der Waals surface area contributed by atoms with Crippen molar-refractivity contribution in [1.29, 1.82) is 0 Å². The summed E-state index contributed by atoms with van der Waals surface area (Å²) in [6.07, 6.45) is 8.68. The van der Waals surface area contributed by atoms with E-state index in [1.165, 1.54) is 0 Å². The van der Waals surface area contributed by atoms with E-state index in [-0.39, 0.29) is 6.04 Å². The summed E-state index contributed by atoms with van der Waals surface area (Å²) in [4.78, 5) is 7.01. The van der Waals surface area contributed by atoms with Gasteiger partial charge in [-0.15, -0.1) is 6.42 Å². The Hall–Kier alpha value is -1.27. The van der Waals surface area contributed by atoms with Crippen LogP contribution in [-0.2, 0) is 6.54 Å². The van der Waals surface area contributed by atoms with Crippen molar-refractivity contribution >= 4 is 0 Å². The van der Waals surface area contributed by atoms with Crippen molar-refractivity contribution in [2.45, 2.75) is 19.5 Å². The molecule has 0 aliphatic carbocycles. The molecule has 1 rings (SSSR count). The molecule has 1 aromatic rings. The van der Waals surface area contributed by atoms with Gasteiger partial charge in [-0.1, -0.05) is 5.92 Å². The van der Waals surface area contributed by atoms with Crippen molar-refractivity contribution < 1.29 is 0 Å². The number of aromatic nitrogens is 2. The van der Waals surface area contributed by atoms with E-state index < -0.39 is 0 Å². The Labute approximate surface area is 66.2 Å². The monoisotopic (exact) mass is 149 g/mol. The molecule has 11 heavy (non-hydrogen) atoms. The molecule has 1 unspecified atom stereocenters. The van der Waals surface area contributed by atoms with Crippen LogP contribution in [0.4, 0.5) is 0 Å². The highest BCUT2D eigenvalue weighted by Crippen LogP contribution is 1.87. The first-order chi connectivity index (χ1) is 5.33. The summed E-state index contributed by atoms with van der Waals surface area (Å²) < 4.78 is 0. The molecule has 1 atom stereocenters. The molecule has 1 heterocycles. The predicted molar refractivity (Wildman–Crippen MR) is 43.7 cm³/mol. The van der Waals surface area contributed by atoms with Crippen LogP contribution in [0.25, 0.3) is 0 Å². The maximum Gasteiger partial charge on any atom is 0.120 e. The summed E-state index contributed by atoms with van der Waals surface area (Å²) in [6, 6.07) is 0.0973. The summed E-state index contributed by atoms with van der Waals surface area (Å²) in [5.74, 6) is 3.48. The van der Waals surface area contributed by atoms with Gasteiger partial charge in [0.1, 0.15) is 5.82 Å². The van der Waals surface area contributed by atoms with E-state index in [9.17, 15) is 0 Å². The van der Waals surface area contributed by atoms with Crippen LogP contribution in [0.15, 0.2) is 12.4 Å². The minimum absolute atomic E-state index is 0.0973. The molecule has 0 aromatic carbocycles. The minimum Gasteiger partial charge on any atom is -0.348 e. The average molecular weight is 149 g/mol. The van der Waals surface area contributed by atoms with Crippen molar-refractivity contribution in [3.8, 4) is 12.3 Å². The lowest BCUT2D eigenvalue weighted by Crippen LogP contribution is -2.23. The van der Waals surface area contributed by atoms with Crippen molar-refractivity contribution in [2.24, 2.45) is 0 Å². The van der Waals surface area contributed by atoms with Gasteiger partial charge in [0, 0.05) is 12.4 Å². The van der Waals surface area contributed by atoms with Gasteiger partial charge in [0.2, 0.25) is 0 Å². The van der Waals surface area contributed by atoms with E-state index in [2.05, 4.69) is 21.2 Å². The van der Waals surface area contributed by atoms with Crippen LogP contribution < -0.4 is 5.32 Å². The predicted octanol–water partition coefficient (Wildman–Crippen LogP) is 0.521. The molecule has 0 radical (unpaired) electrons. The molecule has 0 spiro atoms. The second-order valence-electron chi connectivity index (χ2n) is 2.31. The maximum atomic E-state index is 5.17. The molecular weight excluding hydrogens is 138 g/mol. The normalized spacial score (nSPS) is 12.4. The second-order valence-corrected chi connectivity index (χ2v) is 2.31. The molecule has 0 saturated carbocycles. The molecule has 0 aliphatic heterocycles. The lowest BCUT2D eigenvalue weighted by atomic mass is 10.3. The summed E-state index contributed by atoms with van der Waals surface area (Å²) >= 11 is 0. The Morgan fingerprint density at radius 3 is 3.27 bits per heavy atom. The van der Waals surface area contributed by atoms with Crippen molar-refractivity contribution in [3.05, 3.63) is 18.2 Å². The van der Waals surface area contributed by atoms with Crippen molar-refractivity contribution in [3.63, 3.8) is 0 Å². The van der Waals surface area contributed by atoms with Crippen molar-refractivity contribution in [1.82, 2.24) is 15.3 Å². The number of hydrogen-bond acceptors (Lipinski definition) is 2. The highest BCUT2D eigenvalue weighted by molar-refractivity contribution is 4.97. The number of terminal acetylenes is 1. The molecule has 58 valence electrons. The van der Waals surface area contributed by atoms with E-state index in [4.69, 9.17) is 6.42 Å². The highest BCUT2D eigenvalue weighted by atomic mass is 15.0. The largest absolute Gasteiger partial charge is 0.348 e. The molecule has 0 bridgehead atoms. The first kappa shape index (κ1) is 7.83. The van der Waals surface area contributed by atoms with Gasteiger partial charge in [-0.25, -0.2) is 4.98 Å². The lowest BCUT2D eigenvalue weighted by Gasteiger charge is -2.03. The van der Waals surface area contributed by atoms with E-state index in [1.807, 2.05) is 6.92 Å². The van der Waals surface area contributed by atoms with Crippen LogP contribution in [0.5, 0.6) is 0 Å². The van der Waals surface area contributed by atoms with Crippen LogP contribution in [0.1, 0.15) is 12.7 Å². The number of nitrogens with one attached hydrogen (secondary N) is 2. The molecular formula is C8H11N3. The number of imidazole rings is 1. The molecule has 2 N–H and O–H groups in total. The van der Waals surface area contributed by atoms with Gasteiger partial charge in [-0.2, -0.15) is 0 Å². The third-order valence-corrected chi connectivity index (χ3v) is 1.38. The first-order valence-corrected chi connectivity index (χ1v) is 3.50. The van der Waals surface area contributed by atoms with E-state index in [1.54, 1.807) is 12.4 Å². The molecule has 1 aromatic heterocycles.